The quantitative estimate of drug-likeness (QED) is 0.353. The first-order valence-electron chi connectivity index (χ1n) is 8.29. The van der Waals surface area contributed by atoms with Crippen LogP contribution in [0.2, 0.25) is 0 Å². The zero-order valence-corrected chi connectivity index (χ0v) is 14.4. The molecule has 0 amide bonds. The second-order valence-electron chi connectivity index (χ2n) is 5.76. The molecule has 0 radical (unpaired) electrons. The molecule has 0 N–H and O–H groups in total. The highest BCUT2D eigenvalue weighted by Gasteiger charge is 2.08. The van der Waals surface area contributed by atoms with Gasteiger partial charge in [0.1, 0.15) is 12.4 Å². The first-order valence-corrected chi connectivity index (χ1v) is 8.29. The molecule has 6 heteroatoms. The minimum Gasteiger partial charge on any atom is -0.482 e. The number of esters is 1. The standard InChI is InChI=1S/C21H17NO5/c23-21(15-26-20-12-10-19(11-13-20)22(24)25)27-14-16-6-8-18(9-7-16)17-4-2-1-3-5-17/h1-13H,14-15H2. The number of hydrogen-bond donors (Lipinski definition) is 0. The SMILES string of the molecule is O=C(COc1ccc([N+](=O)[O-])cc1)OCc1ccc(-c2ccccc2)cc1. The van der Waals surface area contributed by atoms with Gasteiger partial charge in [0.25, 0.3) is 5.69 Å². The van der Waals surface area contributed by atoms with Crippen molar-refractivity contribution in [3.8, 4) is 16.9 Å². The Morgan fingerprint density at radius 1 is 0.852 bits per heavy atom. The van der Waals surface area contributed by atoms with Gasteiger partial charge in [-0.1, -0.05) is 54.6 Å². The largest absolute Gasteiger partial charge is 0.482 e. The average Bonchev–Trinajstić information content (AvgIpc) is 2.72. The number of carbonyl (C=O) groups excluding carboxylic acids is 1. The summed E-state index contributed by atoms with van der Waals surface area (Å²) in [5.41, 5.74) is 3.05. The van der Waals surface area contributed by atoms with Crippen molar-refractivity contribution in [3.63, 3.8) is 0 Å². The predicted octanol–water partition coefficient (Wildman–Crippen LogP) is 4.38. The Morgan fingerprint density at radius 3 is 2.11 bits per heavy atom. The van der Waals surface area contributed by atoms with Gasteiger partial charge in [-0.25, -0.2) is 4.79 Å². The number of non-ortho nitro benzene ring substituents is 1. The summed E-state index contributed by atoms with van der Waals surface area (Å²) in [7, 11) is 0. The topological polar surface area (TPSA) is 78.7 Å². The van der Waals surface area contributed by atoms with Crippen molar-refractivity contribution in [1.82, 2.24) is 0 Å². The summed E-state index contributed by atoms with van der Waals surface area (Å²) in [6, 6.07) is 23.3. The van der Waals surface area contributed by atoms with Gasteiger partial charge < -0.3 is 9.47 Å². The average molecular weight is 363 g/mol. The molecule has 0 saturated carbocycles. The van der Waals surface area contributed by atoms with Gasteiger partial charge in [0.15, 0.2) is 6.61 Å². The van der Waals surface area contributed by atoms with Crippen molar-refractivity contribution >= 4 is 11.7 Å². The summed E-state index contributed by atoms with van der Waals surface area (Å²) in [4.78, 5) is 21.9. The third-order valence-corrected chi connectivity index (χ3v) is 3.87. The van der Waals surface area contributed by atoms with Crippen molar-refractivity contribution in [2.45, 2.75) is 6.61 Å². The summed E-state index contributed by atoms with van der Waals surface area (Å²) in [5.74, 6) is -0.148. The van der Waals surface area contributed by atoms with Crippen LogP contribution in [0.1, 0.15) is 5.56 Å². The number of nitro benzene ring substituents is 1. The molecule has 0 atom stereocenters. The van der Waals surface area contributed by atoms with Crippen molar-refractivity contribution in [2.24, 2.45) is 0 Å². The summed E-state index contributed by atoms with van der Waals surface area (Å²) < 4.78 is 10.5. The predicted molar refractivity (Wildman–Crippen MR) is 100 cm³/mol. The van der Waals surface area contributed by atoms with E-state index in [1.165, 1.54) is 24.3 Å². The van der Waals surface area contributed by atoms with Gasteiger partial charge in [0.05, 0.1) is 4.92 Å². The van der Waals surface area contributed by atoms with Crippen LogP contribution < -0.4 is 4.74 Å². The molecule has 0 aliphatic carbocycles. The lowest BCUT2D eigenvalue weighted by Crippen LogP contribution is -2.14. The molecule has 0 aromatic heterocycles. The second kappa shape index (κ2) is 8.62. The Balaban J connectivity index is 1.47. The number of carbonyl (C=O) groups is 1. The zero-order chi connectivity index (χ0) is 19.1. The number of hydrogen-bond acceptors (Lipinski definition) is 5. The van der Waals surface area contributed by atoms with E-state index in [2.05, 4.69) is 0 Å². The number of nitrogens with zero attached hydrogens (tertiary/aromatic N) is 1. The van der Waals surface area contributed by atoms with Crippen LogP contribution >= 0.6 is 0 Å². The molecule has 0 unspecified atom stereocenters. The van der Waals surface area contributed by atoms with Gasteiger partial charge in [-0.3, -0.25) is 10.1 Å². The molecule has 0 saturated heterocycles. The van der Waals surface area contributed by atoms with Gasteiger partial charge in [-0.2, -0.15) is 0 Å². The number of nitro groups is 1. The number of ether oxygens (including phenoxy) is 2. The van der Waals surface area contributed by atoms with Crippen LogP contribution in [0.25, 0.3) is 11.1 Å². The lowest BCUT2D eigenvalue weighted by molar-refractivity contribution is -0.384. The van der Waals surface area contributed by atoms with Crippen LogP contribution in [-0.4, -0.2) is 17.5 Å². The van der Waals surface area contributed by atoms with E-state index in [9.17, 15) is 14.9 Å². The van der Waals surface area contributed by atoms with E-state index in [1.54, 1.807) is 0 Å². The van der Waals surface area contributed by atoms with Crippen molar-refractivity contribution < 1.29 is 19.2 Å². The smallest absolute Gasteiger partial charge is 0.344 e. The van der Waals surface area contributed by atoms with E-state index in [-0.39, 0.29) is 18.9 Å². The fraction of sp³-hybridized carbons (Fsp3) is 0.0952. The van der Waals surface area contributed by atoms with Crippen molar-refractivity contribution in [2.75, 3.05) is 6.61 Å². The van der Waals surface area contributed by atoms with Crippen LogP contribution in [0, 0.1) is 10.1 Å². The van der Waals surface area contributed by atoms with E-state index in [4.69, 9.17) is 9.47 Å². The van der Waals surface area contributed by atoms with Gasteiger partial charge in [0.2, 0.25) is 0 Å². The van der Waals surface area contributed by atoms with Gasteiger partial charge >= 0.3 is 5.97 Å². The molecule has 6 nitrogen and oxygen atoms in total. The zero-order valence-electron chi connectivity index (χ0n) is 14.4. The van der Waals surface area contributed by atoms with Crippen molar-refractivity contribution in [3.05, 3.63) is 94.5 Å². The Kier molecular flexibility index (Phi) is 5.79. The third-order valence-electron chi connectivity index (χ3n) is 3.87. The maximum absolute atomic E-state index is 11.8. The highest BCUT2D eigenvalue weighted by Crippen LogP contribution is 2.20. The summed E-state index contributed by atoms with van der Waals surface area (Å²) in [5, 5.41) is 10.6. The van der Waals surface area contributed by atoms with Crippen LogP contribution in [0.5, 0.6) is 5.75 Å². The molecule has 136 valence electrons. The minimum absolute atomic E-state index is 0.0381. The molecule has 27 heavy (non-hydrogen) atoms. The Morgan fingerprint density at radius 2 is 1.48 bits per heavy atom. The number of benzene rings is 3. The molecule has 3 aromatic rings. The maximum Gasteiger partial charge on any atom is 0.344 e. The Bertz CT molecular complexity index is 906. The molecule has 3 rings (SSSR count). The van der Waals surface area contributed by atoms with E-state index < -0.39 is 10.9 Å². The molecule has 0 fully saturated rings. The fourth-order valence-electron chi connectivity index (χ4n) is 2.44. The van der Waals surface area contributed by atoms with E-state index >= 15 is 0 Å². The monoisotopic (exact) mass is 363 g/mol. The third kappa shape index (κ3) is 5.15. The normalized spacial score (nSPS) is 10.2. The molecular weight excluding hydrogens is 346 g/mol. The lowest BCUT2D eigenvalue weighted by Gasteiger charge is -2.08. The Labute approximate surface area is 156 Å². The summed E-state index contributed by atoms with van der Waals surface area (Å²) >= 11 is 0. The van der Waals surface area contributed by atoms with E-state index in [0.29, 0.717) is 5.75 Å². The molecular formula is C21H17NO5. The van der Waals surface area contributed by atoms with Gasteiger partial charge in [0, 0.05) is 12.1 Å². The minimum atomic E-state index is -0.513. The van der Waals surface area contributed by atoms with Crippen LogP contribution in [-0.2, 0) is 16.1 Å². The second-order valence-corrected chi connectivity index (χ2v) is 5.76. The van der Waals surface area contributed by atoms with Gasteiger partial charge in [-0.05, 0) is 28.8 Å². The number of rotatable bonds is 7. The summed E-state index contributed by atoms with van der Waals surface area (Å²) in [6.45, 7) is -0.114. The van der Waals surface area contributed by atoms with Gasteiger partial charge in [-0.15, -0.1) is 0 Å². The first-order chi connectivity index (χ1) is 13.1. The fourth-order valence-corrected chi connectivity index (χ4v) is 2.44. The molecule has 0 aliphatic rings. The summed E-state index contributed by atoms with van der Waals surface area (Å²) in [6.07, 6.45) is 0. The first kappa shape index (κ1) is 18.1. The molecule has 0 bridgehead atoms. The van der Waals surface area contributed by atoms with Crippen LogP contribution in [0.4, 0.5) is 5.69 Å². The Hall–Kier alpha value is -3.67. The van der Waals surface area contributed by atoms with Crippen molar-refractivity contribution in [1.29, 1.82) is 0 Å². The lowest BCUT2D eigenvalue weighted by atomic mass is 10.0. The van der Waals surface area contributed by atoms with Crippen LogP contribution in [0.3, 0.4) is 0 Å². The highest BCUT2D eigenvalue weighted by atomic mass is 16.6. The molecule has 0 heterocycles. The highest BCUT2D eigenvalue weighted by molar-refractivity contribution is 5.71. The van der Waals surface area contributed by atoms with E-state index in [1.807, 2.05) is 54.6 Å². The molecule has 3 aromatic carbocycles. The molecule has 0 spiro atoms. The van der Waals surface area contributed by atoms with E-state index in [0.717, 1.165) is 16.7 Å². The van der Waals surface area contributed by atoms with Crippen LogP contribution in [0.15, 0.2) is 78.9 Å². The maximum atomic E-state index is 11.8. The molecule has 0 aliphatic heterocycles.